The first-order valence-electron chi connectivity index (χ1n) is 10.4. The fraction of sp³-hybridized carbons (Fsp3) is 0.217. The van der Waals surface area contributed by atoms with Crippen LogP contribution in [0.5, 0.6) is 5.88 Å². The molecule has 4 heterocycles. The van der Waals surface area contributed by atoms with Gasteiger partial charge in [0.25, 0.3) is 5.56 Å². The van der Waals surface area contributed by atoms with Crippen LogP contribution in [0.2, 0.25) is 0 Å². The first kappa shape index (κ1) is 20.8. The molecule has 1 aliphatic heterocycles. The van der Waals surface area contributed by atoms with Crippen LogP contribution >= 0.6 is 0 Å². The first-order chi connectivity index (χ1) is 16.1. The molecule has 1 aromatic carbocycles. The topological polar surface area (TPSA) is 105 Å². The lowest BCUT2D eigenvalue weighted by molar-refractivity contribution is 0.122. The van der Waals surface area contributed by atoms with E-state index in [0.29, 0.717) is 65.7 Å². The lowest BCUT2D eigenvalue weighted by Crippen LogP contribution is -2.36. The van der Waals surface area contributed by atoms with Crippen LogP contribution in [-0.4, -0.2) is 53.3 Å². The number of aromatic nitrogens is 4. The molecule has 0 aliphatic carbocycles. The average Bonchev–Trinajstić information content (AvgIpc) is 2.84. The molecule has 9 nitrogen and oxygen atoms in total. The fourth-order valence-electron chi connectivity index (χ4n) is 3.86. The van der Waals surface area contributed by atoms with Crippen molar-refractivity contribution < 1.29 is 13.9 Å². The summed E-state index contributed by atoms with van der Waals surface area (Å²) in [5.74, 6) is 0.212. The van der Waals surface area contributed by atoms with E-state index in [1.54, 1.807) is 30.5 Å². The van der Waals surface area contributed by atoms with Gasteiger partial charge in [0, 0.05) is 37.4 Å². The smallest absolute Gasteiger partial charge is 0.259 e. The Balaban J connectivity index is 1.57. The number of halogens is 1. The minimum Gasteiger partial charge on any atom is -0.479 e. The lowest BCUT2D eigenvalue weighted by Gasteiger charge is -2.29. The molecular weight excluding hydrogens is 427 g/mol. The summed E-state index contributed by atoms with van der Waals surface area (Å²) in [4.78, 5) is 30.3. The molecule has 168 valence electrons. The molecule has 5 rings (SSSR count). The highest BCUT2D eigenvalue weighted by Gasteiger charge is 2.18. The number of fused-ring (bicyclic) bond motifs is 1. The number of methoxy groups -OCH3 is 1. The molecule has 0 bridgehead atoms. The van der Waals surface area contributed by atoms with Crippen molar-refractivity contribution in [3.8, 4) is 17.3 Å². The second-order valence-corrected chi connectivity index (χ2v) is 7.43. The fourth-order valence-corrected chi connectivity index (χ4v) is 3.86. The number of hydrogen-bond donors (Lipinski definition) is 2. The Hall–Kier alpha value is -4.05. The van der Waals surface area contributed by atoms with Crippen molar-refractivity contribution in [2.45, 2.75) is 0 Å². The van der Waals surface area contributed by atoms with Crippen molar-refractivity contribution in [2.24, 2.45) is 0 Å². The second kappa shape index (κ2) is 8.83. The van der Waals surface area contributed by atoms with Gasteiger partial charge in [0.2, 0.25) is 5.88 Å². The third kappa shape index (κ3) is 4.08. The minimum atomic E-state index is -0.369. The number of ether oxygens (including phenoxy) is 2. The maximum Gasteiger partial charge on any atom is 0.259 e. The number of rotatable bonds is 5. The van der Waals surface area contributed by atoms with Gasteiger partial charge >= 0.3 is 0 Å². The molecule has 1 saturated heterocycles. The molecule has 0 spiro atoms. The zero-order chi connectivity index (χ0) is 22.8. The summed E-state index contributed by atoms with van der Waals surface area (Å²) < 4.78 is 25.6. The third-order valence-corrected chi connectivity index (χ3v) is 5.42. The van der Waals surface area contributed by atoms with E-state index in [1.807, 2.05) is 4.90 Å². The molecule has 2 N–H and O–H groups in total. The zero-order valence-electron chi connectivity index (χ0n) is 17.8. The Bertz CT molecular complexity index is 1370. The molecule has 0 atom stereocenters. The van der Waals surface area contributed by atoms with Gasteiger partial charge in [-0.25, -0.2) is 19.3 Å². The van der Waals surface area contributed by atoms with E-state index in [0.717, 1.165) is 0 Å². The predicted octanol–water partition coefficient (Wildman–Crippen LogP) is 3.11. The van der Waals surface area contributed by atoms with Crippen LogP contribution in [0.25, 0.3) is 22.2 Å². The lowest BCUT2D eigenvalue weighted by atomic mass is 10.1. The van der Waals surface area contributed by atoms with Gasteiger partial charge in [-0.1, -0.05) is 0 Å². The highest BCUT2D eigenvalue weighted by molar-refractivity contribution is 5.95. The zero-order valence-corrected chi connectivity index (χ0v) is 17.8. The van der Waals surface area contributed by atoms with E-state index in [9.17, 15) is 9.18 Å². The quantitative estimate of drug-likeness (QED) is 0.480. The average molecular weight is 448 g/mol. The molecule has 1 fully saturated rings. The first-order valence-corrected chi connectivity index (χ1v) is 10.4. The maximum absolute atomic E-state index is 14.9. The summed E-state index contributed by atoms with van der Waals surface area (Å²) in [6.45, 7) is 2.40. The third-order valence-electron chi connectivity index (χ3n) is 5.42. The summed E-state index contributed by atoms with van der Waals surface area (Å²) in [6.07, 6.45) is 4.61. The van der Waals surface area contributed by atoms with Gasteiger partial charge in [-0.3, -0.25) is 4.79 Å². The number of nitrogens with one attached hydrogen (secondary N) is 2. The highest BCUT2D eigenvalue weighted by atomic mass is 19.1. The number of pyridine rings is 2. The van der Waals surface area contributed by atoms with Crippen LogP contribution < -0.4 is 20.5 Å². The van der Waals surface area contributed by atoms with Gasteiger partial charge in [0.05, 0.1) is 37.1 Å². The molecular formula is C23H21FN6O3. The normalized spacial score (nSPS) is 13.8. The van der Waals surface area contributed by atoms with Crippen molar-refractivity contribution in [1.82, 2.24) is 19.9 Å². The van der Waals surface area contributed by atoms with Crippen LogP contribution in [0.15, 0.2) is 53.7 Å². The molecule has 0 saturated carbocycles. The van der Waals surface area contributed by atoms with Crippen molar-refractivity contribution in [2.75, 3.05) is 43.6 Å². The Kier molecular flexibility index (Phi) is 5.57. The summed E-state index contributed by atoms with van der Waals surface area (Å²) in [6, 6.07) is 8.37. The number of morpholine rings is 1. The standard InChI is InChI=1S/C23H21FN6O3/c1-32-23-20(25-6-7-27-23)17-12-14-4-5-26-22(31)19(14)21(29-17)28-15-2-3-18(16(24)13-15)30-8-10-33-11-9-30/h2-7,12-13H,8-11H2,1H3,(H,26,31)(H,28,29). The van der Waals surface area contributed by atoms with Crippen molar-refractivity contribution >= 4 is 28.0 Å². The van der Waals surface area contributed by atoms with Crippen molar-refractivity contribution in [1.29, 1.82) is 0 Å². The van der Waals surface area contributed by atoms with Gasteiger partial charge in [-0.2, -0.15) is 0 Å². The number of benzene rings is 1. The van der Waals surface area contributed by atoms with Crippen LogP contribution in [0.4, 0.5) is 21.6 Å². The van der Waals surface area contributed by atoms with Crippen LogP contribution in [0, 0.1) is 5.82 Å². The van der Waals surface area contributed by atoms with E-state index < -0.39 is 0 Å². The molecule has 1 aliphatic rings. The number of aromatic amines is 1. The van der Waals surface area contributed by atoms with Gasteiger partial charge in [-0.05, 0) is 35.7 Å². The monoisotopic (exact) mass is 448 g/mol. The molecule has 4 aromatic rings. The van der Waals surface area contributed by atoms with Crippen molar-refractivity contribution in [3.05, 3.63) is 65.1 Å². The Morgan fingerprint density at radius 1 is 1.15 bits per heavy atom. The van der Waals surface area contributed by atoms with Gasteiger partial charge < -0.3 is 24.7 Å². The molecule has 0 amide bonds. The van der Waals surface area contributed by atoms with E-state index in [4.69, 9.17) is 9.47 Å². The SMILES string of the molecule is COc1nccnc1-c1cc2cc[nH]c(=O)c2c(Nc2ccc(N3CCOCC3)c(F)c2)n1. The largest absolute Gasteiger partial charge is 0.479 e. The van der Waals surface area contributed by atoms with Gasteiger partial charge in [-0.15, -0.1) is 0 Å². The van der Waals surface area contributed by atoms with E-state index in [-0.39, 0.29) is 17.2 Å². The maximum atomic E-state index is 14.9. The molecule has 0 unspecified atom stereocenters. The van der Waals surface area contributed by atoms with E-state index in [2.05, 4.69) is 25.3 Å². The van der Waals surface area contributed by atoms with Crippen LogP contribution in [0.3, 0.4) is 0 Å². The van der Waals surface area contributed by atoms with Crippen LogP contribution in [-0.2, 0) is 4.74 Å². The Morgan fingerprint density at radius 2 is 1.97 bits per heavy atom. The Labute approximate surface area is 188 Å². The second-order valence-electron chi connectivity index (χ2n) is 7.43. The van der Waals surface area contributed by atoms with Crippen molar-refractivity contribution in [3.63, 3.8) is 0 Å². The molecule has 33 heavy (non-hydrogen) atoms. The minimum absolute atomic E-state index is 0.274. The van der Waals surface area contributed by atoms with E-state index in [1.165, 1.54) is 25.6 Å². The number of hydrogen-bond acceptors (Lipinski definition) is 8. The van der Waals surface area contributed by atoms with Gasteiger partial charge in [0.1, 0.15) is 11.6 Å². The summed E-state index contributed by atoms with van der Waals surface area (Å²) in [5, 5.41) is 4.09. The molecule has 3 aromatic heterocycles. The summed E-state index contributed by atoms with van der Waals surface area (Å²) in [7, 11) is 1.50. The highest BCUT2D eigenvalue weighted by Crippen LogP contribution is 2.31. The number of anilines is 3. The Morgan fingerprint density at radius 3 is 2.76 bits per heavy atom. The van der Waals surface area contributed by atoms with Gasteiger partial charge in [0.15, 0.2) is 5.69 Å². The molecule has 10 heteroatoms. The summed E-state index contributed by atoms with van der Waals surface area (Å²) in [5.41, 5.74) is 1.55. The number of H-pyrrole nitrogens is 1. The number of nitrogens with zero attached hydrogens (tertiary/aromatic N) is 4. The summed E-state index contributed by atoms with van der Waals surface area (Å²) >= 11 is 0. The van der Waals surface area contributed by atoms with E-state index >= 15 is 0 Å². The predicted molar refractivity (Wildman–Crippen MR) is 123 cm³/mol. The van der Waals surface area contributed by atoms with Crippen LogP contribution in [0.1, 0.15) is 0 Å². The molecule has 0 radical (unpaired) electrons.